The van der Waals surface area contributed by atoms with Crippen LogP contribution in [0.4, 0.5) is 4.39 Å². The normalized spacial score (nSPS) is 12.5. The Morgan fingerprint density at radius 3 is 2.47 bits per heavy atom. The lowest BCUT2D eigenvalue weighted by Gasteiger charge is -2.12. The highest BCUT2D eigenvalue weighted by molar-refractivity contribution is 7.89. The zero-order valence-corrected chi connectivity index (χ0v) is 21.0. The molecule has 1 aromatic heterocycles. The predicted molar refractivity (Wildman–Crippen MR) is 131 cm³/mol. The summed E-state index contributed by atoms with van der Waals surface area (Å²) in [6.07, 6.45) is 1.83. The van der Waals surface area contributed by atoms with Gasteiger partial charge in [-0.05, 0) is 72.7 Å². The van der Waals surface area contributed by atoms with E-state index < -0.39 is 16.0 Å². The Kier molecular flexibility index (Phi) is 8.14. The topological polar surface area (TPSA) is 80.6 Å². The molecule has 1 heterocycles. The van der Waals surface area contributed by atoms with Gasteiger partial charge in [0.2, 0.25) is 10.0 Å². The smallest absolute Gasteiger partial charge is 0.337 e. The Bertz CT molecular complexity index is 1330. The van der Waals surface area contributed by atoms with Crippen molar-refractivity contribution in [3.63, 3.8) is 0 Å². The van der Waals surface area contributed by atoms with Crippen LogP contribution in [0.15, 0.2) is 59.3 Å². The molecule has 182 valence electrons. The van der Waals surface area contributed by atoms with Crippen molar-refractivity contribution in [1.29, 1.82) is 0 Å². The number of carbonyl (C=O) groups excluding carboxylic acids is 1. The monoisotopic (exact) mass is 507 g/mol. The van der Waals surface area contributed by atoms with Gasteiger partial charge in [0.05, 0.1) is 24.1 Å². The van der Waals surface area contributed by atoms with Gasteiger partial charge in [-0.25, -0.2) is 26.7 Å². The predicted octanol–water partition coefficient (Wildman–Crippen LogP) is 4.17. The minimum Gasteiger partial charge on any atom is -0.465 e. The van der Waals surface area contributed by atoms with E-state index in [1.807, 2.05) is 11.5 Å². The Morgan fingerprint density at radius 1 is 1.21 bits per heavy atom. The first-order valence-electron chi connectivity index (χ1n) is 10.5. The molecule has 7 nitrogen and oxygen atoms in total. The number of benzene rings is 2. The van der Waals surface area contributed by atoms with Gasteiger partial charge in [-0.1, -0.05) is 12.1 Å². The van der Waals surface area contributed by atoms with Crippen LogP contribution in [0.1, 0.15) is 27.2 Å². The summed E-state index contributed by atoms with van der Waals surface area (Å²) in [5, 5.41) is 0.800. The van der Waals surface area contributed by atoms with Crippen molar-refractivity contribution in [3.8, 4) is 0 Å². The highest BCUT2D eigenvalue weighted by Gasteiger charge is 2.19. The summed E-state index contributed by atoms with van der Waals surface area (Å²) >= 11 is 5.43. The van der Waals surface area contributed by atoms with E-state index in [1.165, 1.54) is 27.3 Å². The fourth-order valence-electron chi connectivity index (χ4n) is 3.78. The van der Waals surface area contributed by atoms with Crippen LogP contribution < -0.4 is 4.84 Å². The third kappa shape index (κ3) is 5.33. The average Bonchev–Trinajstić information content (AvgIpc) is 3.07. The zero-order valence-electron chi connectivity index (χ0n) is 19.4. The van der Waals surface area contributed by atoms with Gasteiger partial charge in [-0.3, -0.25) is 0 Å². The first-order chi connectivity index (χ1) is 16.1. The number of hydrogen-bond donors (Lipinski definition) is 1. The van der Waals surface area contributed by atoms with Gasteiger partial charge in [-0.15, -0.1) is 0 Å². The number of nitrogens with zero attached hydrogens (tertiary/aromatic N) is 2. The molecule has 3 rings (SSSR count). The molecule has 10 heteroatoms. The van der Waals surface area contributed by atoms with Gasteiger partial charge in [-0.2, -0.15) is 0 Å². The second kappa shape index (κ2) is 10.7. The number of rotatable bonds is 9. The molecule has 0 aliphatic carbocycles. The summed E-state index contributed by atoms with van der Waals surface area (Å²) in [7, 11) is 0.755. The van der Waals surface area contributed by atoms with Gasteiger partial charge in [0, 0.05) is 37.2 Å². The number of halogens is 2. The van der Waals surface area contributed by atoms with Crippen LogP contribution in [0.2, 0.25) is 0 Å². The first-order valence-corrected chi connectivity index (χ1v) is 12.3. The number of carbonyl (C=O) groups is 1. The number of aromatic nitrogens is 1. The summed E-state index contributed by atoms with van der Waals surface area (Å²) in [6.45, 7) is 2.09. The second-order valence-corrected chi connectivity index (χ2v) is 10.4. The summed E-state index contributed by atoms with van der Waals surface area (Å²) in [5.41, 5.74) is 3.79. The third-order valence-corrected chi connectivity index (χ3v) is 7.65. The molecule has 0 amide bonds. The van der Waals surface area contributed by atoms with Gasteiger partial charge < -0.3 is 9.30 Å². The van der Waals surface area contributed by atoms with E-state index in [-0.39, 0.29) is 23.8 Å². The number of ether oxygens (including phenoxy) is 1. The van der Waals surface area contributed by atoms with Crippen LogP contribution >= 0.6 is 11.8 Å². The maximum atomic E-state index is 14.5. The number of fused-ring (bicyclic) bond motifs is 1. The lowest BCUT2D eigenvalue weighted by Crippen LogP contribution is -2.22. The molecular weight excluding hydrogens is 481 g/mol. The molecule has 0 fully saturated rings. The average molecular weight is 508 g/mol. The molecule has 0 unspecified atom stereocenters. The fraction of sp³-hybridized carbons (Fsp3) is 0.292. The summed E-state index contributed by atoms with van der Waals surface area (Å²) in [6, 6.07) is 11.8. The Hall–Kier alpha value is -2.72. The van der Waals surface area contributed by atoms with E-state index in [4.69, 9.17) is 16.5 Å². The number of esters is 1. The van der Waals surface area contributed by atoms with Crippen LogP contribution in [0.3, 0.4) is 0 Å². The van der Waals surface area contributed by atoms with Crippen LogP contribution in [0.5, 0.6) is 0 Å². The SMILES string of the molecule is COC(=O)c1ccc2c(c1)c(Cc1ccc(S(=O)(=O)N(C)C)cc1)c(C)n2C/C(F)=C/CNCl. The molecule has 0 aliphatic heterocycles. The molecule has 0 spiro atoms. The fourth-order valence-corrected chi connectivity index (χ4v) is 4.76. The molecule has 3 aromatic rings. The van der Waals surface area contributed by atoms with Gasteiger partial charge in [0.1, 0.15) is 5.83 Å². The Labute approximate surface area is 203 Å². The molecule has 2 aromatic carbocycles. The highest BCUT2D eigenvalue weighted by atomic mass is 35.5. The quantitative estimate of drug-likeness (QED) is 0.347. The molecule has 0 saturated heterocycles. The van der Waals surface area contributed by atoms with E-state index >= 15 is 0 Å². The number of methoxy groups -OCH3 is 1. The molecule has 0 aliphatic rings. The lowest BCUT2D eigenvalue weighted by molar-refractivity contribution is 0.0601. The van der Waals surface area contributed by atoms with Crippen molar-refractivity contribution in [2.24, 2.45) is 0 Å². The largest absolute Gasteiger partial charge is 0.465 e. The van der Waals surface area contributed by atoms with Gasteiger partial charge in [0.25, 0.3) is 0 Å². The van der Waals surface area contributed by atoms with E-state index in [1.54, 1.807) is 42.5 Å². The van der Waals surface area contributed by atoms with E-state index in [0.717, 1.165) is 32.0 Å². The number of nitrogens with one attached hydrogen (secondary N) is 1. The van der Waals surface area contributed by atoms with E-state index in [0.29, 0.717) is 12.0 Å². The Morgan fingerprint density at radius 2 is 1.88 bits per heavy atom. The molecule has 0 saturated carbocycles. The van der Waals surface area contributed by atoms with Crippen LogP contribution in [0, 0.1) is 6.92 Å². The number of hydrogen-bond acceptors (Lipinski definition) is 5. The summed E-state index contributed by atoms with van der Waals surface area (Å²) in [5.74, 6) is -0.814. The summed E-state index contributed by atoms with van der Waals surface area (Å²) < 4.78 is 47.1. The van der Waals surface area contributed by atoms with Crippen molar-refractivity contribution >= 4 is 38.7 Å². The van der Waals surface area contributed by atoms with Crippen LogP contribution in [-0.2, 0) is 27.7 Å². The minimum absolute atomic E-state index is 0.0124. The lowest BCUT2D eigenvalue weighted by atomic mass is 10.0. The Balaban J connectivity index is 2.08. The number of allylic oxidation sites excluding steroid dienone is 1. The summed E-state index contributed by atoms with van der Waals surface area (Å²) in [4.78, 5) is 14.7. The first kappa shape index (κ1) is 25.9. The van der Waals surface area contributed by atoms with Crippen molar-refractivity contribution in [1.82, 2.24) is 13.7 Å². The van der Waals surface area contributed by atoms with Crippen molar-refractivity contribution in [2.45, 2.75) is 24.8 Å². The highest BCUT2D eigenvalue weighted by Crippen LogP contribution is 2.30. The van der Waals surface area contributed by atoms with E-state index in [2.05, 4.69) is 4.84 Å². The molecule has 1 N–H and O–H groups in total. The van der Waals surface area contributed by atoms with Crippen molar-refractivity contribution in [3.05, 3.63) is 76.8 Å². The molecule has 34 heavy (non-hydrogen) atoms. The second-order valence-electron chi connectivity index (χ2n) is 7.97. The third-order valence-electron chi connectivity index (χ3n) is 5.67. The van der Waals surface area contributed by atoms with Gasteiger partial charge >= 0.3 is 5.97 Å². The van der Waals surface area contributed by atoms with Gasteiger partial charge in [0.15, 0.2) is 0 Å². The molecule has 0 atom stereocenters. The molecule has 0 bridgehead atoms. The minimum atomic E-state index is -3.53. The standard InChI is InChI=1S/C24H27ClFN3O4S/c1-16-21(13-17-5-8-20(9-6-17)34(31,32)28(2)3)22-14-18(24(30)33-4)7-10-23(22)29(16)15-19(26)11-12-27-25/h5-11,14,27H,12-13,15H2,1-4H3/b19-11-. The molecule has 0 radical (unpaired) electrons. The van der Waals surface area contributed by atoms with E-state index in [9.17, 15) is 17.6 Å². The maximum absolute atomic E-state index is 14.5. The van der Waals surface area contributed by atoms with Crippen LogP contribution in [-0.4, -0.2) is 51.0 Å². The zero-order chi connectivity index (χ0) is 25.0. The molecular formula is C24H27ClFN3O4S. The van der Waals surface area contributed by atoms with Crippen LogP contribution in [0.25, 0.3) is 10.9 Å². The number of sulfonamides is 1. The maximum Gasteiger partial charge on any atom is 0.337 e. The van der Waals surface area contributed by atoms with Crippen molar-refractivity contribution in [2.75, 3.05) is 27.7 Å². The van der Waals surface area contributed by atoms with Crippen molar-refractivity contribution < 1.29 is 22.3 Å².